The Morgan fingerprint density at radius 2 is 1.62 bits per heavy atom. The van der Waals surface area contributed by atoms with E-state index in [2.05, 4.69) is 40.5 Å². The first kappa shape index (κ1) is 25.8. The quantitative estimate of drug-likeness (QED) is 0.596. The van der Waals surface area contributed by atoms with E-state index in [0.29, 0.717) is 24.5 Å². The topological polar surface area (TPSA) is 52.7 Å². The van der Waals surface area contributed by atoms with Crippen LogP contribution in [0.25, 0.3) is 0 Å². The molecule has 1 N–H and O–H groups in total. The number of amides is 2. The van der Waals surface area contributed by atoms with E-state index >= 15 is 0 Å². The average Bonchev–Trinajstić information content (AvgIpc) is 3.36. The van der Waals surface area contributed by atoms with Gasteiger partial charge in [-0.1, -0.05) is 36.4 Å². The van der Waals surface area contributed by atoms with Crippen molar-refractivity contribution >= 4 is 11.8 Å². The third kappa shape index (κ3) is 5.69. The number of carbonyl (C=O) groups is 2. The van der Waals surface area contributed by atoms with Crippen LogP contribution in [0.1, 0.15) is 72.3 Å². The summed E-state index contributed by atoms with van der Waals surface area (Å²) in [4.78, 5) is 30.0. The van der Waals surface area contributed by atoms with Crippen molar-refractivity contribution in [3.63, 3.8) is 0 Å². The normalized spacial score (nSPS) is 26.5. The molecule has 5 nitrogen and oxygen atoms in total. The minimum atomic E-state index is -4.52. The Morgan fingerprint density at radius 1 is 0.865 bits per heavy atom. The van der Waals surface area contributed by atoms with Gasteiger partial charge in [0.15, 0.2) is 0 Å². The Morgan fingerprint density at radius 3 is 2.35 bits per heavy atom. The number of nitrogens with zero attached hydrogens (tertiary/aromatic N) is 2. The fourth-order valence-corrected chi connectivity index (χ4v) is 6.65. The van der Waals surface area contributed by atoms with E-state index in [1.807, 2.05) is 4.90 Å². The van der Waals surface area contributed by atoms with Gasteiger partial charge in [-0.05, 0) is 81.2 Å². The van der Waals surface area contributed by atoms with Gasteiger partial charge in [0, 0.05) is 30.2 Å². The highest BCUT2D eigenvalue weighted by molar-refractivity contribution is 5.96. The summed E-state index contributed by atoms with van der Waals surface area (Å²) in [7, 11) is 0. The molecule has 2 aliphatic heterocycles. The number of rotatable bonds is 5. The van der Waals surface area contributed by atoms with Crippen molar-refractivity contribution in [2.24, 2.45) is 0 Å². The largest absolute Gasteiger partial charge is 0.416 e. The molecule has 2 saturated heterocycles. The van der Waals surface area contributed by atoms with Crippen LogP contribution < -0.4 is 5.32 Å². The molecule has 2 aromatic carbocycles. The van der Waals surface area contributed by atoms with Gasteiger partial charge in [-0.25, -0.2) is 0 Å². The molecule has 3 aliphatic rings. The Balaban J connectivity index is 1.15. The maximum atomic E-state index is 13.1. The summed E-state index contributed by atoms with van der Waals surface area (Å²) < 4.78 is 38.9. The van der Waals surface area contributed by atoms with E-state index in [1.54, 1.807) is 0 Å². The Bertz CT molecular complexity index is 1100. The number of alkyl halides is 3. The summed E-state index contributed by atoms with van der Waals surface area (Å²) in [5.74, 6) is -0.210. The summed E-state index contributed by atoms with van der Waals surface area (Å²) in [6.45, 7) is 1.51. The molecule has 0 unspecified atom stereocenters. The zero-order valence-corrected chi connectivity index (χ0v) is 20.9. The summed E-state index contributed by atoms with van der Waals surface area (Å²) in [6, 6.07) is 16.0. The van der Waals surface area contributed by atoms with Crippen molar-refractivity contribution in [3.05, 3.63) is 71.3 Å². The van der Waals surface area contributed by atoms with Gasteiger partial charge in [0.2, 0.25) is 5.91 Å². The Hall–Kier alpha value is -2.87. The number of halogens is 3. The SMILES string of the molecule is O=C(NCC(=O)N1CC[C@H]2[C@H]1CCCN2C1CCC(c2ccccc2)CC1)c1cccc(C(F)(F)F)c1. The lowest BCUT2D eigenvalue weighted by Gasteiger charge is -2.46. The van der Waals surface area contributed by atoms with Crippen molar-refractivity contribution in [3.8, 4) is 0 Å². The van der Waals surface area contributed by atoms with Crippen LogP contribution in [0.15, 0.2) is 54.6 Å². The first-order valence-electron chi connectivity index (χ1n) is 13.4. The number of nitrogens with one attached hydrogen (secondary N) is 1. The Kier molecular flexibility index (Phi) is 7.56. The van der Waals surface area contributed by atoms with Crippen LogP contribution in [-0.2, 0) is 11.0 Å². The van der Waals surface area contributed by atoms with Crippen molar-refractivity contribution in [2.75, 3.05) is 19.6 Å². The van der Waals surface area contributed by atoms with Crippen molar-refractivity contribution in [1.29, 1.82) is 0 Å². The lowest BCUT2D eigenvalue weighted by molar-refractivity contribution is -0.137. The molecule has 198 valence electrons. The smallest absolute Gasteiger partial charge is 0.343 e. The van der Waals surface area contributed by atoms with Gasteiger partial charge >= 0.3 is 6.18 Å². The molecule has 0 aromatic heterocycles. The van der Waals surface area contributed by atoms with Crippen LogP contribution >= 0.6 is 0 Å². The molecule has 2 atom stereocenters. The molecule has 3 fully saturated rings. The van der Waals surface area contributed by atoms with E-state index in [-0.39, 0.29) is 24.1 Å². The number of likely N-dealkylation sites (tertiary alicyclic amines) is 2. The summed E-state index contributed by atoms with van der Waals surface area (Å²) in [5, 5.41) is 2.53. The van der Waals surface area contributed by atoms with E-state index in [1.165, 1.54) is 43.4 Å². The molecular formula is C29H34F3N3O2. The molecular weight excluding hydrogens is 479 g/mol. The van der Waals surface area contributed by atoms with Gasteiger partial charge in [-0.2, -0.15) is 13.2 Å². The number of fused-ring (bicyclic) bond motifs is 1. The molecule has 1 aliphatic carbocycles. The van der Waals surface area contributed by atoms with Gasteiger partial charge in [0.1, 0.15) is 0 Å². The molecule has 0 bridgehead atoms. The van der Waals surface area contributed by atoms with Gasteiger partial charge in [-0.3, -0.25) is 14.5 Å². The molecule has 2 heterocycles. The number of hydrogen-bond acceptors (Lipinski definition) is 3. The summed E-state index contributed by atoms with van der Waals surface area (Å²) in [5.41, 5.74) is 0.452. The zero-order valence-electron chi connectivity index (χ0n) is 20.9. The minimum absolute atomic E-state index is 0.100. The average molecular weight is 514 g/mol. The van der Waals surface area contributed by atoms with Gasteiger partial charge < -0.3 is 10.2 Å². The highest BCUT2D eigenvalue weighted by atomic mass is 19.4. The maximum Gasteiger partial charge on any atom is 0.416 e. The number of hydrogen-bond donors (Lipinski definition) is 1. The van der Waals surface area contributed by atoms with E-state index in [9.17, 15) is 22.8 Å². The zero-order chi connectivity index (χ0) is 26.0. The number of piperidine rings is 1. The highest BCUT2D eigenvalue weighted by Gasteiger charge is 2.44. The van der Waals surface area contributed by atoms with Gasteiger partial charge in [0.05, 0.1) is 12.1 Å². The maximum absolute atomic E-state index is 13.1. The van der Waals surface area contributed by atoms with Crippen LogP contribution in [0.4, 0.5) is 13.2 Å². The molecule has 0 spiro atoms. The van der Waals surface area contributed by atoms with E-state index in [0.717, 1.165) is 37.9 Å². The first-order valence-corrected chi connectivity index (χ1v) is 13.4. The first-order chi connectivity index (χ1) is 17.8. The van der Waals surface area contributed by atoms with Crippen LogP contribution in [0, 0.1) is 0 Å². The predicted molar refractivity (Wildman–Crippen MR) is 135 cm³/mol. The molecule has 1 saturated carbocycles. The molecule has 2 amide bonds. The lowest BCUT2D eigenvalue weighted by Crippen LogP contribution is -2.55. The van der Waals surface area contributed by atoms with Crippen LogP contribution in [0.2, 0.25) is 0 Å². The van der Waals surface area contributed by atoms with E-state index in [4.69, 9.17) is 0 Å². The summed E-state index contributed by atoms with van der Waals surface area (Å²) in [6.07, 6.45) is 3.11. The van der Waals surface area contributed by atoms with Crippen molar-refractivity contribution < 1.29 is 22.8 Å². The van der Waals surface area contributed by atoms with Crippen LogP contribution in [0.5, 0.6) is 0 Å². The molecule has 8 heteroatoms. The van der Waals surface area contributed by atoms with Crippen molar-refractivity contribution in [2.45, 2.75) is 75.2 Å². The number of carbonyl (C=O) groups excluding carboxylic acids is 2. The standard InChI is InChI=1S/C29H34F3N3O2/c30-29(31,32)23-9-4-8-22(18-23)28(37)33-19-27(36)35-17-15-26-25(35)10-5-16-34(26)24-13-11-21(12-14-24)20-6-2-1-3-7-20/h1-4,6-9,18,21,24-26H,5,10-17,19H2,(H,33,37)/t21?,24?,25-,26+/m1/s1. The van der Waals surface area contributed by atoms with Gasteiger partial charge in [-0.15, -0.1) is 0 Å². The second-order valence-corrected chi connectivity index (χ2v) is 10.6. The second kappa shape index (κ2) is 10.9. The van der Waals surface area contributed by atoms with E-state index < -0.39 is 17.6 Å². The Labute approximate surface area is 216 Å². The summed E-state index contributed by atoms with van der Waals surface area (Å²) >= 11 is 0. The fraction of sp³-hybridized carbons (Fsp3) is 0.517. The monoisotopic (exact) mass is 513 g/mol. The molecule has 37 heavy (non-hydrogen) atoms. The minimum Gasteiger partial charge on any atom is -0.343 e. The van der Waals surface area contributed by atoms with Gasteiger partial charge in [0.25, 0.3) is 5.91 Å². The molecule has 5 rings (SSSR count). The molecule has 0 radical (unpaired) electrons. The van der Waals surface area contributed by atoms with Crippen molar-refractivity contribution in [1.82, 2.24) is 15.1 Å². The third-order valence-electron chi connectivity index (χ3n) is 8.46. The van der Waals surface area contributed by atoms with Crippen LogP contribution in [-0.4, -0.2) is 59.4 Å². The highest BCUT2D eigenvalue weighted by Crippen LogP contribution is 2.39. The fourth-order valence-electron chi connectivity index (χ4n) is 6.65. The molecule has 2 aromatic rings. The predicted octanol–water partition coefficient (Wildman–Crippen LogP) is 5.23. The number of benzene rings is 2. The van der Waals surface area contributed by atoms with Crippen LogP contribution in [0.3, 0.4) is 0 Å². The lowest BCUT2D eigenvalue weighted by atomic mass is 9.80. The second-order valence-electron chi connectivity index (χ2n) is 10.6. The third-order valence-corrected chi connectivity index (χ3v) is 8.46.